The predicted molar refractivity (Wildman–Crippen MR) is 164 cm³/mol. The number of rotatable bonds is 16. The molecular formula is C31H30N2O12S2. The molecule has 0 bridgehead atoms. The molecule has 1 aromatic carbocycles. The quantitative estimate of drug-likeness (QED) is 0.0787. The van der Waals surface area contributed by atoms with Gasteiger partial charge >= 0.3 is 35.8 Å². The Balaban J connectivity index is 2.10. The predicted octanol–water partition coefficient (Wildman–Crippen LogP) is 4.14. The van der Waals surface area contributed by atoms with Crippen LogP contribution in [0.2, 0.25) is 0 Å². The van der Waals surface area contributed by atoms with Crippen molar-refractivity contribution in [1.29, 1.82) is 10.5 Å². The normalized spacial score (nSPS) is 12.5. The minimum atomic E-state index is -0.796. The number of hydrogen-bond donors (Lipinski definition) is 0. The van der Waals surface area contributed by atoms with Crippen LogP contribution in [0, 0.1) is 29.6 Å². The summed E-state index contributed by atoms with van der Waals surface area (Å²) in [5.41, 5.74) is 0.141. The second-order valence-electron chi connectivity index (χ2n) is 9.49. The Bertz CT molecular complexity index is 1550. The average molecular weight is 687 g/mol. The standard InChI is InChI=1S/C31H30N2O12S2/c1-6-22(34)40-15-19(5)43-25(37)10-11-27(39)45-28-17(3)12-21(29-30(28)47-31(46-29)20(13-32)14-33)44-26(38)9-8-24(36)41-16-18(4)42-23(35)7-2/h6-7,12,18-19H,1-2,8-11,15-16H2,3-5H3. The summed E-state index contributed by atoms with van der Waals surface area (Å²) in [6, 6.07) is 5.00. The summed E-state index contributed by atoms with van der Waals surface area (Å²) >= 11 is 1.93. The molecule has 14 nitrogen and oxygen atoms in total. The van der Waals surface area contributed by atoms with Crippen molar-refractivity contribution in [3.63, 3.8) is 0 Å². The average Bonchev–Trinajstić information content (AvgIpc) is 3.48. The Morgan fingerprint density at radius 2 is 1.30 bits per heavy atom. The first-order chi connectivity index (χ1) is 22.3. The van der Waals surface area contributed by atoms with Gasteiger partial charge in [0.2, 0.25) is 0 Å². The molecular weight excluding hydrogens is 656 g/mol. The molecule has 248 valence electrons. The zero-order valence-corrected chi connectivity index (χ0v) is 27.3. The molecule has 0 aliphatic carbocycles. The van der Waals surface area contributed by atoms with Crippen LogP contribution in [0.25, 0.3) is 0 Å². The van der Waals surface area contributed by atoms with Crippen molar-refractivity contribution < 1.29 is 57.2 Å². The number of aryl methyl sites for hydroxylation is 1. The van der Waals surface area contributed by atoms with E-state index in [-0.39, 0.29) is 65.1 Å². The minimum absolute atomic E-state index is 0.0399. The van der Waals surface area contributed by atoms with Gasteiger partial charge in [0.05, 0.1) is 39.7 Å². The topological polar surface area (TPSA) is 205 Å². The van der Waals surface area contributed by atoms with E-state index < -0.39 is 48.0 Å². The number of esters is 6. The number of benzene rings is 1. The van der Waals surface area contributed by atoms with Crippen molar-refractivity contribution >= 4 is 59.3 Å². The fraction of sp³-hybridized carbons (Fsp3) is 0.355. The molecule has 0 saturated carbocycles. The highest BCUT2D eigenvalue weighted by Crippen LogP contribution is 2.59. The maximum atomic E-state index is 12.7. The lowest BCUT2D eigenvalue weighted by Crippen LogP contribution is -2.22. The van der Waals surface area contributed by atoms with Gasteiger partial charge in [0.1, 0.15) is 54.6 Å². The van der Waals surface area contributed by atoms with Crippen LogP contribution in [0.5, 0.6) is 11.5 Å². The van der Waals surface area contributed by atoms with Gasteiger partial charge in [0, 0.05) is 12.2 Å². The van der Waals surface area contributed by atoms with E-state index in [1.165, 1.54) is 19.9 Å². The van der Waals surface area contributed by atoms with Gasteiger partial charge in [-0.1, -0.05) is 36.7 Å². The Hall–Kier alpha value is -5.06. The molecule has 1 aliphatic rings. The highest BCUT2D eigenvalue weighted by atomic mass is 32.2. The van der Waals surface area contributed by atoms with Gasteiger partial charge in [0.25, 0.3) is 0 Å². The molecule has 0 spiro atoms. The van der Waals surface area contributed by atoms with Gasteiger partial charge in [-0.15, -0.1) is 0 Å². The van der Waals surface area contributed by atoms with Crippen LogP contribution >= 0.6 is 23.5 Å². The summed E-state index contributed by atoms with van der Waals surface area (Å²) in [5, 5.41) is 18.8. The van der Waals surface area contributed by atoms with Crippen LogP contribution in [0.4, 0.5) is 0 Å². The van der Waals surface area contributed by atoms with Gasteiger partial charge in [-0.3, -0.25) is 19.2 Å². The molecule has 1 aliphatic heterocycles. The Kier molecular flexibility index (Phi) is 15.2. The summed E-state index contributed by atoms with van der Waals surface area (Å²) < 4.78 is 31.1. The van der Waals surface area contributed by atoms with Crippen LogP contribution < -0.4 is 9.47 Å². The fourth-order valence-corrected chi connectivity index (χ4v) is 5.97. The molecule has 0 radical (unpaired) electrons. The van der Waals surface area contributed by atoms with Gasteiger partial charge in [0.15, 0.2) is 0 Å². The third-order valence-electron chi connectivity index (χ3n) is 5.59. The molecule has 1 heterocycles. The number of carbonyl (C=O) groups excluding carboxylic acids is 6. The highest BCUT2D eigenvalue weighted by molar-refractivity contribution is 8.24. The zero-order valence-electron chi connectivity index (χ0n) is 25.7. The molecule has 0 amide bonds. The molecule has 0 saturated heterocycles. The number of ether oxygens (including phenoxy) is 6. The van der Waals surface area contributed by atoms with Crippen molar-refractivity contribution in [3.8, 4) is 23.6 Å². The van der Waals surface area contributed by atoms with Crippen LogP contribution in [0.15, 0.2) is 51.0 Å². The summed E-state index contributed by atoms with van der Waals surface area (Å²) in [4.78, 5) is 72.6. The van der Waals surface area contributed by atoms with Gasteiger partial charge < -0.3 is 28.4 Å². The smallest absolute Gasteiger partial charge is 0.330 e. The van der Waals surface area contributed by atoms with E-state index in [2.05, 4.69) is 13.2 Å². The van der Waals surface area contributed by atoms with Crippen molar-refractivity contribution in [2.24, 2.45) is 0 Å². The van der Waals surface area contributed by atoms with Crippen molar-refractivity contribution in [2.75, 3.05) is 13.2 Å². The summed E-state index contributed by atoms with van der Waals surface area (Å²) in [5.74, 6) is -4.30. The van der Waals surface area contributed by atoms with Crippen LogP contribution in [0.1, 0.15) is 45.1 Å². The first kappa shape index (κ1) is 38.1. The summed E-state index contributed by atoms with van der Waals surface area (Å²) in [6.07, 6.45) is -0.954. The number of carbonyl (C=O) groups is 6. The van der Waals surface area contributed by atoms with Gasteiger partial charge in [-0.05, 0) is 32.4 Å². The van der Waals surface area contributed by atoms with Crippen molar-refractivity contribution in [1.82, 2.24) is 0 Å². The Morgan fingerprint density at radius 1 is 0.766 bits per heavy atom. The maximum absolute atomic E-state index is 12.7. The SMILES string of the molecule is C=CC(=O)OCC(C)OC(=O)CCC(=O)Oc1c(C)cc(OC(=O)CCC(=O)OCC(C)OC(=O)C=C)c2c1SC(=C(C#N)C#N)S2. The van der Waals surface area contributed by atoms with E-state index in [9.17, 15) is 39.3 Å². The Labute approximate surface area is 278 Å². The second-order valence-corrected chi connectivity index (χ2v) is 11.8. The maximum Gasteiger partial charge on any atom is 0.330 e. The van der Waals surface area contributed by atoms with E-state index in [4.69, 9.17) is 28.4 Å². The van der Waals surface area contributed by atoms with Crippen LogP contribution in [0.3, 0.4) is 0 Å². The number of nitrogens with zero attached hydrogens (tertiary/aromatic N) is 2. The molecule has 16 heteroatoms. The fourth-order valence-electron chi connectivity index (χ4n) is 3.42. The van der Waals surface area contributed by atoms with Crippen LogP contribution in [-0.4, -0.2) is 61.2 Å². The van der Waals surface area contributed by atoms with E-state index in [0.717, 1.165) is 35.7 Å². The lowest BCUT2D eigenvalue weighted by Gasteiger charge is -2.15. The number of allylic oxidation sites excluding steroid dienone is 1. The molecule has 47 heavy (non-hydrogen) atoms. The largest absolute Gasteiger partial charge is 0.462 e. The molecule has 0 fully saturated rings. The molecule has 0 aromatic heterocycles. The third kappa shape index (κ3) is 12.3. The molecule has 2 rings (SSSR count). The van der Waals surface area contributed by atoms with E-state index in [0.29, 0.717) is 10.5 Å². The number of nitriles is 2. The van der Waals surface area contributed by atoms with E-state index >= 15 is 0 Å². The lowest BCUT2D eigenvalue weighted by molar-refractivity contribution is -0.156. The highest BCUT2D eigenvalue weighted by Gasteiger charge is 2.32. The van der Waals surface area contributed by atoms with Crippen molar-refractivity contribution in [2.45, 2.75) is 68.5 Å². The van der Waals surface area contributed by atoms with Gasteiger partial charge in [-0.2, -0.15) is 10.5 Å². The zero-order chi connectivity index (χ0) is 35.1. The molecule has 2 atom stereocenters. The number of fused-ring (bicyclic) bond motifs is 1. The Morgan fingerprint density at radius 3 is 1.91 bits per heavy atom. The minimum Gasteiger partial charge on any atom is -0.462 e. The number of thioether (sulfide) groups is 2. The lowest BCUT2D eigenvalue weighted by atomic mass is 10.2. The third-order valence-corrected chi connectivity index (χ3v) is 8.20. The first-order valence-electron chi connectivity index (χ1n) is 13.8. The summed E-state index contributed by atoms with van der Waals surface area (Å²) in [6.45, 7) is 10.7. The second kappa shape index (κ2) is 18.8. The molecule has 1 aromatic rings. The molecule has 0 N–H and O–H groups in total. The molecule has 2 unspecified atom stereocenters. The van der Waals surface area contributed by atoms with Crippen molar-refractivity contribution in [3.05, 3.63) is 46.8 Å². The van der Waals surface area contributed by atoms with Gasteiger partial charge in [-0.25, -0.2) is 9.59 Å². The summed E-state index contributed by atoms with van der Waals surface area (Å²) in [7, 11) is 0. The monoisotopic (exact) mass is 686 g/mol. The number of hydrogen-bond acceptors (Lipinski definition) is 16. The van der Waals surface area contributed by atoms with E-state index in [1.807, 2.05) is 0 Å². The first-order valence-corrected chi connectivity index (χ1v) is 15.4. The van der Waals surface area contributed by atoms with E-state index in [1.54, 1.807) is 19.1 Å². The van der Waals surface area contributed by atoms with Crippen LogP contribution in [-0.2, 0) is 47.7 Å².